The number of rotatable bonds is 0. The van der Waals surface area contributed by atoms with E-state index in [0.29, 0.717) is 0 Å². The molecule has 0 bridgehead atoms. The van der Waals surface area contributed by atoms with Gasteiger partial charge in [0, 0.05) is 0 Å². The molecule has 0 rings (SSSR count). The maximum absolute atomic E-state index is 8.58. The van der Waals surface area contributed by atoms with Crippen molar-refractivity contribution in [3.05, 3.63) is 0 Å². The Morgan fingerprint density at radius 2 is 0.538 bits per heavy atom. The average molecular weight is 586 g/mol. The van der Waals surface area contributed by atoms with Gasteiger partial charge in [-0.15, -0.1) is 0 Å². The summed E-state index contributed by atoms with van der Waals surface area (Å²) in [5.41, 5.74) is 0. The third-order valence-electron chi connectivity index (χ3n) is 0. The second-order valence-corrected chi connectivity index (χ2v) is 3.00. The molecule has 0 saturated carbocycles. The number of hydrogen-bond acceptors (Lipinski definition) is 8. The Hall–Kier alpha value is 4.45. The molecule has 0 aromatic heterocycles. The monoisotopic (exact) mass is 589 g/mol. The van der Waals surface area contributed by atoms with Crippen molar-refractivity contribution in [1.82, 2.24) is 0 Å². The van der Waals surface area contributed by atoms with Crippen molar-refractivity contribution in [1.29, 1.82) is 0 Å². The SMILES string of the molecule is [Dy+3].[Eu+3].[O-][Si]([O-])([O-])[O-].[O-][Si]([O-])([O-])[O-].[Sr+2]. The van der Waals surface area contributed by atoms with Crippen molar-refractivity contribution in [3.8, 4) is 0 Å². The van der Waals surface area contributed by atoms with Gasteiger partial charge in [0.15, 0.2) is 0 Å². The molecule has 13 heteroatoms. The third-order valence-corrected chi connectivity index (χ3v) is 0. The van der Waals surface area contributed by atoms with Gasteiger partial charge in [-0.05, 0) is 0 Å². The molecular weight excluding hydrogens is 586 g/mol. The maximum atomic E-state index is 8.58. The Kier molecular flexibility index (Phi) is 34.0. The van der Waals surface area contributed by atoms with Crippen molar-refractivity contribution in [2.45, 2.75) is 0 Å². The summed E-state index contributed by atoms with van der Waals surface area (Å²) in [7, 11) is -11.2. The summed E-state index contributed by atoms with van der Waals surface area (Å²) in [6.07, 6.45) is 0. The topological polar surface area (TPSA) is 184 Å². The smallest absolute Gasteiger partial charge is 0.894 e. The quantitative estimate of drug-likeness (QED) is 0.251. The van der Waals surface area contributed by atoms with Crippen LogP contribution in [0.25, 0.3) is 0 Å². The van der Waals surface area contributed by atoms with Gasteiger partial charge in [-0.25, -0.2) is 0 Å². The molecule has 0 aromatic carbocycles. The summed E-state index contributed by atoms with van der Waals surface area (Å²) in [5.74, 6) is 0. The standard InChI is InChI=1S/Dy.Eu.2O4Si.Sr/c;;2*1-5(2,3)4;/q2*+3;2*-4;+2. The molecule has 0 aromatic rings. The Labute approximate surface area is 184 Å². The third kappa shape index (κ3) is 173. The van der Waals surface area contributed by atoms with Crippen LogP contribution in [0.2, 0.25) is 0 Å². The van der Waals surface area contributed by atoms with E-state index in [0.717, 1.165) is 0 Å². The van der Waals surface area contributed by atoms with Crippen LogP contribution in [0.3, 0.4) is 0 Å². The fourth-order valence-electron chi connectivity index (χ4n) is 0. The first-order chi connectivity index (χ1) is 4.00. The van der Waals surface area contributed by atoms with Crippen LogP contribution in [0.1, 0.15) is 0 Å². The zero-order valence-corrected chi connectivity index (χ0v) is 15.6. The van der Waals surface area contributed by atoms with Crippen LogP contribution in [-0.2, 0) is 0 Å². The number of hydrogen-bond donors (Lipinski definition) is 0. The van der Waals surface area contributed by atoms with Crippen molar-refractivity contribution in [3.63, 3.8) is 0 Å². The molecule has 0 heterocycles. The second-order valence-electron chi connectivity index (χ2n) is 1.00. The van der Waals surface area contributed by atoms with E-state index in [4.69, 9.17) is 38.4 Å². The largest absolute Gasteiger partial charge is 3.00 e. The van der Waals surface area contributed by atoms with Crippen LogP contribution in [0, 0.1) is 87.6 Å². The Bertz CT molecular complexity index is 65.1. The van der Waals surface area contributed by atoms with Crippen LogP contribution in [-0.4, -0.2) is 63.6 Å². The van der Waals surface area contributed by atoms with Crippen LogP contribution < -0.4 is 38.4 Å². The van der Waals surface area contributed by atoms with Gasteiger partial charge in [-0.3, -0.25) is 0 Å². The van der Waals surface area contributed by atoms with Crippen molar-refractivity contribution in [2.75, 3.05) is 0 Å². The van der Waals surface area contributed by atoms with E-state index in [1.54, 1.807) is 0 Å². The second kappa shape index (κ2) is 14.5. The summed E-state index contributed by atoms with van der Waals surface area (Å²) in [5, 5.41) is 0. The molecule has 75 valence electrons. The van der Waals surface area contributed by atoms with E-state index in [9.17, 15) is 0 Å². The van der Waals surface area contributed by atoms with Gasteiger partial charge in [0.25, 0.3) is 0 Å². The first-order valence-corrected chi connectivity index (χ1v) is 4.90. The molecule has 0 unspecified atom stereocenters. The molecule has 0 aliphatic heterocycles. The minimum absolute atomic E-state index is 0. The fourth-order valence-corrected chi connectivity index (χ4v) is 0. The Morgan fingerprint density at radius 3 is 0.538 bits per heavy atom. The van der Waals surface area contributed by atoms with Crippen LogP contribution in [0.4, 0.5) is 0 Å². The van der Waals surface area contributed by atoms with Crippen LogP contribution in [0.5, 0.6) is 0 Å². The van der Waals surface area contributed by atoms with Crippen molar-refractivity contribution in [2.24, 2.45) is 0 Å². The molecule has 8 nitrogen and oxygen atoms in total. The molecule has 0 aliphatic rings. The van der Waals surface area contributed by atoms with E-state index in [1.807, 2.05) is 0 Å². The van der Waals surface area contributed by atoms with Crippen LogP contribution in [0.15, 0.2) is 0 Å². The van der Waals surface area contributed by atoms with E-state index in [2.05, 4.69) is 0 Å². The molecule has 1 radical (unpaired) electrons. The average Bonchev–Trinajstić information content (AvgIpc) is 1.12. The van der Waals surface area contributed by atoms with Crippen molar-refractivity contribution >= 4 is 63.6 Å². The van der Waals surface area contributed by atoms with Gasteiger partial charge in [0.05, 0.1) is 0 Å². The zero-order valence-electron chi connectivity index (χ0n) is 5.67. The Morgan fingerprint density at radius 1 is 0.538 bits per heavy atom. The van der Waals surface area contributed by atoms with E-state index >= 15 is 0 Å². The van der Waals surface area contributed by atoms with E-state index < -0.39 is 18.1 Å². The van der Waals surface area contributed by atoms with Gasteiger partial charge in [0.1, 0.15) is 0 Å². The first kappa shape index (κ1) is 30.5. The molecule has 0 atom stereocenters. The molecular formula is DyEuO8Si2Sr. The summed E-state index contributed by atoms with van der Waals surface area (Å²) in [6.45, 7) is 0. The van der Waals surface area contributed by atoms with Gasteiger partial charge in [-0.1, -0.05) is 0 Å². The summed E-state index contributed by atoms with van der Waals surface area (Å²) in [4.78, 5) is 68.6. The minimum atomic E-state index is -5.61. The summed E-state index contributed by atoms with van der Waals surface area (Å²) < 4.78 is 0. The maximum Gasteiger partial charge on any atom is 3.00 e. The van der Waals surface area contributed by atoms with Gasteiger partial charge < -0.3 is 56.5 Å². The molecule has 0 fully saturated rings. The summed E-state index contributed by atoms with van der Waals surface area (Å²) in [6, 6.07) is 0. The normalized spacial score (nSPS) is 9.23. The summed E-state index contributed by atoms with van der Waals surface area (Å²) >= 11 is 0. The molecule has 0 aliphatic carbocycles. The van der Waals surface area contributed by atoms with Crippen molar-refractivity contribution < 1.29 is 126 Å². The fraction of sp³-hybridized carbons (Fsp3) is 0. The van der Waals surface area contributed by atoms with E-state index in [-0.39, 0.29) is 133 Å². The molecule has 0 N–H and O–H groups in total. The van der Waals surface area contributed by atoms with E-state index in [1.165, 1.54) is 0 Å². The molecule has 0 amide bonds. The first-order valence-electron chi connectivity index (χ1n) is 1.63. The zero-order chi connectivity index (χ0) is 9.00. The van der Waals surface area contributed by atoms with Gasteiger partial charge in [-0.2, -0.15) is 0 Å². The van der Waals surface area contributed by atoms with Crippen LogP contribution >= 0.6 is 0 Å². The molecule has 0 spiro atoms. The minimum Gasteiger partial charge on any atom is -0.894 e. The predicted molar refractivity (Wildman–Crippen MR) is 17.3 cm³/mol. The molecule has 13 heavy (non-hydrogen) atoms. The van der Waals surface area contributed by atoms with Gasteiger partial charge in [0.2, 0.25) is 0 Å². The van der Waals surface area contributed by atoms with Gasteiger partial charge >= 0.3 is 133 Å². The predicted octanol–water partition coefficient (Wildman–Crippen LogP) is -10.7. The Balaban J connectivity index is -0.0000000267. The molecule has 0 saturated heterocycles.